The summed E-state index contributed by atoms with van der Waals surface area (Å²) in [4.78, 5) is 3.72. The maximum absolute atomic E-state index is 13.5. The summed E-state index contributed by atoms with van der Waals surface area (Å²) in [6.45, 7) is 0. The number of nitriles is 1. The SMILES string of the molecule is N#Cc1cc(F)c(Oc2cncc(Cl)c2)c(F)c1. The second-order valence-corrected chi connectivity index (χ2v) is 3.76. The first-order valence-electron chi connectivity index (χ1n) is 4.77. The van der Waals surface area contributed by atoms with Gasteiger partial charge in [0.1, 0.15) is 5.75 Å². The van der Waals surface area contributed by atoms with Gasteiger partial charge in [0.05, 0.1) is 22.9 Å². The van der Waals surface area contributed by atoms with Gasteiger partial charge in [0.2, 0.25) is 0 Å². The highest BCUT2D eigenvalue weighted by molar-refractivity contribution is 6.30. The molecule has 1 aromatic heterocycles. The molecule has 2 rings (SSSR count). The fourth-order valence-electron chi connectivity index (χ4n) is 1.29. The molecule has 18 heavy (non-hydrogen) atoms. The van der Waals surface area contributed by atoms with Crippen LogP contribution in [0.5, 0.6) is 11.5 Å². The predicted molar refractivity (Wildman–Crippen MR) is 60.4 cm³/mol. The smallest absolute Gasteiger partial charge is 0.198 e. The molecular weight excluding hydrogens is 262 g/mol. The highest BCUT2D eigenvalue weighted by Crippen LogP contribution is 2.29. The second-order valence-electron chi connectivity index (χ2n) is 3.32. The van der Waals surface area contributed by atoms with Gasteiger partial charge in [-0.3, -0.25) is 4.98 Å². The summed E-state index contributed by atoms with van der Waals surface area (Å²) in [6.07, 6.45) is 2.63. The summed E-state index contributed by atoms with van der Waals surface area (Å²) < 4.78 is 32.0. The van der Waals surface area contributed by atoms with Gasteiger partial charge in [0.25, 0.3) is 0 Å². The van der Waals surface area contributed by atoms with E-state index in [-0.39, 0.29) is 16.3 Å². The van der Waals surface area contributed by atoms with Crippen LogP contribution in [0.3, 0.4) is 0 Å². The Hall–Kier alpha value is -2.19. The average molecular weight is 267 g/mol. The van der Waals surface area contributed by atoms with Gasteiger partial charge >= 0.3 is 0 Å². The maximum atomic E-state index is 13.5. The Bertz CT molecular complexity index is 617. The number of ether oxygens (including phenoxy) is 1. The summed E-state index contributed by atoms with van der Waals surface area (Å²) in [5, 5.41) is 8.83. The standard InChI is InChI=1S/C12H5ClF2N2O/c13-8-3-9(6-17-5-8)18-12-10(14)1-7(4-16)2-11(12)15/h1-3,5-6H. The molecule has 1 aromatic carbocycles. The maximum Gasteiger partial charge on any atom is 0.198 e. The van der Waals surface area contributed by atoms with E-state index in [1.54, 1.807) is 6.07 Å². The molecule has 0 aliphatic rings. The molecule has 0 unspecified atom stereocenters. The lowest BCUT2D eigenvalue weighted by Crippen LogP contribution is -1.94. The number of benzene rings is 1. The van der Waals surface area contributed by atoms with Crippen LogP contribution in [0.4, 0.5) is 8.78 Å². The number of nitrogens with zero attached hydrogens (tertiary/aromatic N) is 2. The van der Waals surface area contributed by atoms with E-state index in [2.05, 4.69) is 4.98 Å². The largest absolute Gasteiger partial charge is 0.449 e. The van der Waals surface area contributed by atoms with Gasteiger partial charge in [-0.05, 0) is 12.1 Å². The van der Waals surface area contributed by atoms with Crippen molar-refractivity contribution in [2.45, 2.75) is 0 Å². The molecule has 0 N–H and O–H groups in total. The van der Waals surface area contributed by atoms with Crippen molar-refractivity contribution in [2.75, 3.05) is 0 Å². The molecular formula is C12H5ClF2N2O. The summed E-state index contributed by atoms with van der Waals surface area (Å²) in [5.41, 5.74) is -0.124. The molecule has 0 atom stereocenters. The number of hydrogen-bond acceptors (Lipinski definition) is 3. The molecule has 0 bridgehead atoms. The minimum absolute atomic E-state index is 0.102. The molecule has 0 amide bonds. The number of aromatic nitrogens is 1. The van der Waals surface area contributed by atoms with Gasteiger partial charge in [-0.25, -0.2) is 8.78 Å². The molecule has 0 fully saturated rings. The van der Waals surface area contributed by atoms with Gasteiger partial charge in [-0.1, -0.05) is 11.6 Å². The van der Waals surface area contributed by atoms with Crippen molar-refractivity contribution in [3.63, 3.8) is 0 Å². The first-order valence-corrected chi connectivity index (χ1v) is 5.15. The minimum Gasteiger partial charge on any atom is -0.449 e. The van der Waals surface area contributed by atoms with Crippen molar-refractivity contribution in [1.82, 2.24) is 4.98 Å². The van der Waals surface area contributed by atoms with E-state index in [1.807, 2.05) is 0 Å². The predicted octanol–water partition coefficient (Wildman–Crippen LogP) is 3.68. The molecule has 6 heteroatoms. The van der Waals surface area contributed by atoms with Crippen molar-refractivity contribution in [3.05, 3.63) is 52.8 Å². The van der Waals surface area contributed by atoms with Crippen LogP contribution in [0.1, 0.15) is 5.56 Å². The van der Waals surface area contributed by atoms with Crippen LogP contribution in [0.2, 0.25) is 5.02 Å². The molecule has 90 valence electrons. The summed E-state index contributed by atoms with van der Waals surface area (Å²) in [6, 6.07) is 4.78. The molecule has 0 spiro atoms. The average Bonchev–Trinajstić information content (AvgIpc) is 2.33. The zero-order valence-corrected chi connectivity index (χ0v) is 9.58. The quantitative estimate of drug-likeness (QED) is 0.833. The van der Waals surface area contributed by atoms with Gasteiger partial charge < -0.3 is 4.74 Å². The van der Waals surface area contributed by atoms with Crippen LogP contribution >= 0.6 is 11.6 Å². The van der Waals surface area contributed by atoms with Crippen molar-refractivity contribution >= 4 is 11.6 Å². The Balaban J connectivity index is 2.38. The number of hydrogen-bond donors (Lipinski definition) is 0. The fourth-order valence-corrected chi connectivity index (χ4v) is 1.45. The number of pyridine rings is 1. The number of rotatable bonds is 2. The lowest BCUT2D eigenvalue weighted by atomic mass is 10.2. The van der Waals surface area contributed by atoms with Gasteiger partial charge in [-0.15, -0.1) is 0 Å². The Labute approximate surface area is 106 Å². The van der Waals surface area contributed by atoms with E-state index in [0.29, 0.717) is 0 Å². The van der Waals surface area contributed by atoms with Gasteiger partial charge in [0, 0.05) is 12.3 Å². The monoisotopic (exact) mass is 266 g/mol. The molecule has 0 aliphatic carbocycles. The highest BCUT2D eigenvalue weighted by atomic mass is 35.5. The Kier molecular flexibility index (Phi) is 3.40. The van der Waals surface area contributed by atoms with Crippen molar-refractivity contribution < 1.29 is 13.5 Å². The molecule has 0 radical (unpaired) electrons. The molecule has 0 saturated carbocycles. The Morgan fingerprint density at radius 2 is 1.83 bits per heavy atom. The van der Waals surface area contributed by atoms with Gasteiger partial charge in [0.15, 0.2) is 17.4 Å². The van der Waals surface area contributed by atoms with E-state index >= 15 is 0 Å². The zero-order valence-electron chi connectivity index (χ0n) is 8.82. The van der Waals surface area contributed by atoms with E-state index in [9.17, 15) is 8.78 Å². The third kappa shape index (κ3) is 2.55. The minimum atomic E-state index is -0.966. The molecule has 3 nitrogen and oxygen atoms in total. The molecule has 0 aliphatic heterocycles. The van der Waals surface area contributed by atoms with E-state index in [0.717, 1.165) is 12.1 Å². The highest BCUT2D eigenvalue weighted by Gasteiger charge is 2.14. The fraction of sp³-hybridized carbons (Fsp3) is 0. The molecule has 0 saturated heterocycles. The first kappa shape index (κ1) is 12.3. The normalized spacial score (nSPS) is 9.89. The lowest BCUT2D eigenvalue weighted by molar-refractivity contribution is 0.406. The summed E-state index contributed by atoms with van der Waals surface area (Å²) in [5.74, 6) is -2.43. The first-order chi connectivity index (χ1) is 8.60. The van der Waals surface area contributed by atoms with Crippen LogP contribution in [-0.2, 0) is 0 Å². The van der Waals surface area contributed by atoms with Crippen LogP contribution < -0.4 is 4.74 Å². The third-order valence-electron chi connectivity index (χ3n) is 2.03. The zero-order chi connectivity index (χ0) is 13.1. The van der Waals surface area contributed by atoms with E-state index in [1.165, 1.54) is 18.5 Å². The van der Waals surface area contributed by atoms with Gasteiger partial charge in [-0.2, -0.15) is 5.26 Å². The van der Waals surface area contributed by atoms with Crippen molar-refractivity contribution in [3.8, 4) is 17.6 Å². The summed E-state index contributed by atoms with van der Waals surface area (Å²) >= 11 is 5.67. The van der Waals surface area contributed by atoms with E-state index < -0.39 is 17.4 Å². The van der Waals surface area contributed by atoms with Crippen molar-refractivity contribution in [2.24, 2.45) is 0 Å². The lowest BCUT2D eigenvalue weighted by Gasteiger charge is -2.07. The Morgan fingerprint density at radius 3 is 2.39 bits per heavy atom. The van der Waals surface area contributed by atoms with Crippen LogP contribution in [0.15, 0.2) is 30.6 Å². The molecule has 1 heterocycles. The second kappa shape index (κ2) is 4.98. The van der Waals surface area contributed by atoms with E-state index in [4.69, 9.17) is 21.6 Å². The summed E-state index contributed by atoms with van der Waals surface area (Å²) in [7, 11) is 0. The topological polar surface area (TPSA) is 45.9 Å². The van der Waals surface area contributed by atoms with Crippen LogP contribution in [0, 0.1) is 23.0 Å². The third-order valence-corrected chi connectivity index (χ3v) is 2.23. The van der Waals surface area contributed by atoms with Crippen LogP contribution in [-0.4, -0.2) is 4.98 Å². The number of halogens is 3. The van der Waals surface area contributed by atoms with Crippen LogP contribution in [0.25, 0.3) is 0 Å². The Morgan fingerprint density at radius 1 is 1.17 bits per heavy atom. The van der Waals surface area contributed by atoms with Crippen molar-refractivity contribution in [1.29, 1.82) is 5.26 Å². The molecule has 2 aromatic rings.